The molecule has 1 aromatic rings. The molecule has 1 aliphatic heterocycles. The summed E-state index contributed by atoms with van der Waals surface area (Å²) in [5.41, 5.74) is 1.01. The van der Waals surface area contributed by atoms with Gasteiger partial charge in [-0.05, 0) is 31.9 Å². The minimum absolute atomic E-state index is 0.131. The summed E-state index contributed by atoms with van der Waals surface area (Å²) in [4.78, 5) is 11.5. The van der Waals surface area contributed by atoms with Gasteiger partial charge in [0.05, 0.1) is 6.61 Å². The molecule has 0 radical (unpaired) electrons. The van der Waals surface area contributed by atoms with E-state index in [0.29, 0.717) is 13.0 Å². The van der Waals surface area contributed by atoms with Gasteiger partial charge in [-0.3, -0.25) is 4.79 Å². The van der Waals surface area contributed by atoms with Gasteiger partial charge in [-0.2, -0.15) is 0 Å². The molecule has 1 saturated heterocycles. The van der Waals surface area contributed by atoms with E-state index < -0.39 is 0 Å². The topological polar surface area (TPSA) is 50.4 Å². The van der Waals surface area contributed by atoms with Gasteiger partial charge in [0.15, 0.2) is 0 Å². The number of hydrogen-bond donors (Lipinski definition) is 2. The lowest BCUT2D eigenvalue weighted by Crippen LogP contribution is -2.26. The molecule has 98 valence electrons. The van der Waals surface area contributed by atoms with Crippen LogP contribution in [-0.4, -0.2) is 25.1 Å². The standard InChI is InChI=1S/C14H20N2O2/c1-2-18-13-7-3-5-11(9-13)16-12-6-4-8-15-14(17)10-12/h3,5,7,9,12,16H,2,4,6,8,10H2,1H3,(H,15,17). The zero-order valence-electron chi connectivity index (χ0n) is 10.7. The van der Waals surface area contributed by atoms with Crippen LogP contribution in [0, 0.1) is 0 Å². The molecule has 4 nitrogen and oxygen atoms in total. The first kappa shape index (κ1) is 12.7. The average Bonchev–Trinajstić information content (AvgIpc) is 2.54. The molecule has 1 heterocycles. The van der Waals surface area contributed by atoms with Crippen molar-refractivity contribution in [3.8, 4) is 5.75 Å². The molecule has 18 heavy (non-hydrogen) atoms. The molecule has 1 unspecified atom stereocenters. The second-order valence-electron chi connectivity index (χ2n) is 4.50. The van der Waals surface area contributed by atoms with Crippen molar-refractivity contribution in [3.05, 3.63) is 24.3 Å². The van der Waals surface area contributed by atoms with Gasteiger partial charge in [0.2, 0.25) is 5.91 Å². The first-order valence-electron chi connectivity index (χ1n) is 6.54. The molecule has 0 saturated carbocycles. The Morgan fingerprint density at radius 2 is 2.39 bits per heavy atom. The summed E-state index contributed by atoms with van der Waals surface area (Å²) in [7, 11) is 0. The fraction of sp³-hybridized carbons (Fsp3) is 0.500. The third-order valence-electron chi connectivity index (χ3n) is 3.00. The number of nitrogens with one attached hydrogen (secondary N) is 2. The first-order valence-corrected chi connectivity index (χ1v) is 6.54. The zero-order chi connectivity index (χ0) is 12.8. The Kier molecular flexibility index (Phi) is 4.45. The number of carbonyl (C=O) groups excluding carboxylic acids is 1. The van der Waals surface area contributed by atoms with Gasteiger partial charge in [-0.25, -0.2) is 0 Å². The van der Waals surface area contributed by atoms with E-state index in [0.717, 1.165) is 30.8 Å². The highest BCUT2D eigenvalue weighted by molar-refractivity contribution is 5.77. The van der Waals surface area contributed by atoms with E-state index in [2.05, 4.69) is 10.6 Å². The highest BCUT2D eigenvalue weighted by atomic mass is 16.5. The van der Waals surface area contributed by atoms with Gasteiger partial charge in [-0.1, -0.05) is 6.07 Å². The van der Waals surface area contributed by atoms with Crippen molar-refractivity contribution in [3.63, 3.8) is 0 Å². The monoisotopic (exact) mass is 248 g/mol. The van der Waals surface area contributed by atoms with Crippen molar-refractivity contribution in [2.75, 3.05) is 18.5 Å². The van der Waals surface area contributed by atoms with Crippen LogP contribution in [0.15, 0.2) is 24.3 Å². The van der Waals surface area contributed by atoms with Crippen LogP contribution in [0.5, 0.6) is 5.75 Å². The fourth-order valence-electron chi connectivity index (χ4n) is 2.18. The summed E-state index contributed by atoms with van der Waals surface area (Å²) in [6, 6.07) is 8.10. The summed E-state index contributed by atoms with van der Waals surface area (Å²) in [6.45, 7) is 3.42. The molecule has 4 heteroatoms. The van der Waals surface area contributed by atoms with E-state index >= 15 is 0 Å². The summed E-state index contributed by atoms with van der Waals surface area (Å²) < 4.78 is 5.46. The van der Waals surface area contributed by atoms with Gasteiger partial charge in [0.1, 0.15) is 5.75 Å². The summed E-state index contributed by atoms with van der Waals surface area (Å²) in [6.07, 6.45) is 2.57. The largest absolute Gasteiger partial charge is 0.494 e. The Hall–Kier alpha value is -1.71. The van der Waals surface area contributed by atoms with Crippen LogP contribution >= 0.6 is 0 Å². The highest BCUT2D eigenvalue weighted by Crippen LogP contribution is 2.20. The summed E-state index contributed by atoms with van der Waals surface area (Å²) in [5, 5.41) is 6.30. The lowest BCUT2D eigenvalue weighted by Gasteiger charge is -2.17. The van der Waals surface area contributed by atoms with E-state index in [9.17, 15) is 4.79 Å². The van der Waals surface area contributed by atoms with E-state index in [4.69, 9.17) is 4.74 Å². The number of ether oxygens (including phenoxy) is 1. The molecule has 0 spiro atoms. The Labute approximate surface area is 108 Å². The van der Waals surface area contributed by atoms with Crippen LogP contribution < -0.4 is 15.4 Å². The molecule has 0 aliphatic carbocycles. The Balaban J connectivity index is 1.99. The Morgan fingerprint density at radius 1 is 1.50 bits per heavy atom. The van der Waals surface area contributed by atoms with Gasteiger partial charge >= 0.3 is 0 Å². The van der Waals surface area contributed by atoms with Gasteiger partial charge in [0, 0.05) is 30.8 Å². The normalized spacial score (nSPS) is 19.8. The lowest BCUT2D eigenvalue weighted by atomic mass is 10.1. The van der Waals surface area contributed by atoms with Crippen molar-refractivity contribution in [1.82, 2.24) is 5.32 Å². The van der Waals surface area contributed by atoms with E-state index in [-0.39, 0.29) is 11.9 Å². The summed E-state index contributed by atoms with van der Waals surface area (Å²) >= 11 is 0. The quantitative estimate of drug-likeness (QED) is 0.858. The molecule has 0 aromatic heterocycles. The third kappa shape index (κ3) is 3.65. The maximum atomic E-state index is 11.5. The van der Waals surface area contributed by atoms with Crippen molar-refractivity contribution < 1.29 is 9.53 Å². The SMILES string of the molecule is CCOc1cccc(NC2CCCNC(=O)C2)c1. The smallest absolute Gasteiger partial charge is 0.222 e. The first-order chi connectivity index (χ1) is 8.78. The number of carbonyl (C=O) groups is 1. The van der Waals surface area contributed by atoms with Crippen LogP contribution in [0.25, 0.3) is 0 Å². The number of anilines is 1. The molecule has 1 amide bonds. The minimum atomic E-state index is 0.131. The maximum absolute atomic E-state index is 11.5. The molecular formula is C14H20N2O2. The number of hydrogen-bond acceptors (Lipinski definition) is 3. The Morgan fingerprint density at radius 3 is 3.22 bits per heavy atom. The van der Waals surface area contributed by atoms with Crippen LogP contribution in [0.1, 0.15) is 26.2 Å². The van der Waals surface area contributed by atoms with Gasteiger partial charge in [-0.15, -0.1) is 0 Å². The molecule has 1 aliphatic rings. The minimum Gasteiger partial charge on any atom is -0.494 e. The second kappa shape index (κ2) is 6.28. The van der Waals surface area contributed by atoms with E-state index in [1.807, 2.05) is 31.2 Å². The third-order valence-corrected chi connectivity index (χ3v) is 3.00. The van der Waals surface area contributed by atoms with Crippen LogP contribution in [-0.2, 0) is 4.79 Å². The van der Waals surface area contributed by atoms with Gasteiger partial charge < -0.3 is 15.4 Å². The van der Waals surface area contributed by atoms with E-state index in [1.54, 1.807) is 0 Å². The molecule has 1 atom stereocenters. The van der Waals surface area contributed by atoms with Crippen molar-refractivity contribution in [2.24, 2.45) is 0 Å². The number of rotatable bonds is 4. The zero-order valence-corrected chi connectivity index (χ0v) is 10.7. The second-order valence-corrected chi connectivity index (χ2v) is 4.50. The molecule has 0 bridgehead atoms. The highest BCUT2D eigenvalue weighted by Gasteiger charge is 2.16. The van der Waals surface area contributed by atoms with Crippen LogP contribution in [0.3, 0.4) is 0 Å². The average molecular weight is 248 g/mol. The number of benzene rings is 1. The van der Waals surface area contributed by atoms with Crippen molar-refractivity contribution >= 4 is 11.6 Å². The molecular weight excluding hydrogens is 228 g/mol. The lowest BCUT2D eigenvalue weighted by molar-refractivity contribution is -0.120. The summed E-state index contributed by atoms with van der Waals surface area (Å²) in [5.74, 6) is 0.992. The van der Waals surface area contributed by atoms with Crippen LogP contribution in [0.4, 0.5) is 5.69 Å². The van der Waals surface area contributed by atoms with Gasteiger partial charge in [0.25, 0.3) is 0 Å². The van der Waals surface area contributed by atoms with Crippen molar-refractivity contribution in [1.29, 1.82) is 0 Å². The van der Waals surface area contributed by atoms with E-state index in [1.165, 1.54) is 0 Å². The Bertz CT molecular complexity index is 407. The predicted octanol–water partition coefficient (Wildman–Crippen LogP) is 2.17. The molecule has 2 N–H and O–H groups in total. The maximum Gasteiger partial charge on any atom is 0.222 e. The molecule has 2 rings (SSSR count). The molecule has 1 aromatic carbocycles. The predicted molar refractivity (Wildman–Crippen MR) is 71.9 cm³/mol. The van der Waals surface area contributed by atoms with Crippen LogP contribution in [0.2, 0.25) is 0 Å². The number of amides is 1. The fourth-order valence-corrected chi connectivity index (χ4v) is 2.18. The van der Waals surface area contributed by atoms with Crippen molar-refractivity contribution in [2.45, 2.75) is 32.2 Å². The molecule has 1 fully saturated rings.